The molecule has 1 fully saturated rings. The molecule has 5 nitrogen and oxygen atoms in total. The summed E-state index contributed by atoms with van der Waals surface area (Å²) in [4.78, 5) is 25.5. The van der Waals surface area contributed by atoms with Crippen molar-refractivity contribution in [2.75, 3.05) is 6.54 Å². The number of carbonyl (C=O) groups is 2. The van der Waals surface area contributed by atoms with E-state index in [2.05, 4.69) is 12.2 Å². The average molecular weight is 284 g/mol. The van der Waals surface area contributed by atoms with Gasteiger partial charge in [0, 0.05) is 12.6 Å². The molecule has 1 heterocycles. The van der Waals surface area contributed by atoms with Gasteiger partial charge in [-0.25, -0.2) is 9.59 Å². The smallest absolute Gasteiger partial charge is 0.326 e. The second-order valence-electron chi connectivity index (χ2n) is 5.76. The monoisotopic (exact) mass is 284 g/mol. The number of hydrogen-bond acceptors (Lipinski definition) is 2. The largest absolute Gasteiger partial charge is 0.480 e. The summed E-state index contributed by atoms with van der Waals surface area (Å²) in [6, 6.07) is -0.774. The third kappa shape index (κ3) is 4.39. The van der Waals surface area contributed by atoms with Crippen LogP contribution in [0.15, 0.2) is 0 Å². The van der Waals surface area contributed by atoms with E-state index in [0.717, 1.165) is 45.1 Å². The van der Waals surface area contributed by atoms with Crippen molar-refractivity contribution in [2.45, 2.75) is 71.4 Å². The second kappa shape index (κ2) is 8.12. The first-order valence-corrected chi connectivity index (χ1v) is 7.81. The third-order valence-electron chi connectivity index (χ3n) is 4.37. The molecule has 20 heavy (non-hydrogen) atoms. The topological polar surface area (TPSA) is 69.6 Å². The zero-order chi connectivity index (χ0) is 15.1. The molecule has 0 aromatic rings. The van der Waals surface area contributed by atoms with E-state index in [-0.39, 0.29) is 18.0 Å². The van der Waals surface area contributed by atoms with E-state index in [1.807, 2.05) is 18.7 Å². The number of carboxylic acid groups (broad SMARTS) is 1. The zero-order valence-electron chi connectivity index (χ0n) is 12.9. The van der Waals surface area contributed by atoms with Gasteiger partial charge in [-0.15, -0.1) is 0 Å². The van der Waals surface area contributed by atoms with Gasteiger partial charge < -0.3 is 15.3 Å². The Hall–Kier alpha value is -1.26. The lowest BCUT2D eigenvalue weighted by Crippen LogP contribution is -2.53. The minimum Gasteiger partial charge on any atom is -0.480 e. The minimum atomic E-state index is -0.949. The molecule has 0 spiro atoms. The molecule has 2 amide bonds. The maximum Gasteiger partial charge on any atom is 0.326 e. The average Bonchev–Trinajstić information content (AvgIpc) is 2.68. The van der Waals surface area contributed by atoms with Crippen LogP contribution in [0.4, 0.5) is 4.79 Å². The Morgan fingerprint density at radius 1 is 1.30 bits per heavy atom. The van der Waals surface area contributed by atoms with Crippen LogP contribution in [0.1, 0.15) is 59.3 Å². The van der Waals surface area contributed by atoms with Crippen molar-refractivity contribution in [1.82, 2.24) is 10.2 Å². The molecule has 116 valence electrons. The highest BCUT2D eigenvalue weighted by atomic mass is 16.4. The van der Waals surface area contributed by atoms with Gasteiger partial charge in [0.25, 0.3) is 0 Å². The number of nitrogens with one attached hydrogen (secondary N) is 1. The molecule has 5 heteroatoms. The predicted octanol–water partition coefficient (Wildman–Crippen LogP) is 2.85. The van der Waals surface area contributed by atoms with Crippen molar-refractivity contribution >= 4 is 12.0 Å². The van der Waals surface area contributed by atoms with Crippen molar-refractivity contribution in [3.8, 4) is 0 Å². The predicted molar refractivity (Wildman–Crippen MR) is 78.7 cm³/mol. The normalized spacial score (nSPS) is 22.8. The molecule has 0 aliphatic carbocycles. The molecule has 2 N–H and O–H groups in total. The summed E-state index contributed by atoms with van der Waals surface area (Å²) in [7, 11) is 0. The Morgan fingerprint density at radius 3 is 2.55 bits per heavy atom. The van der Waals surface area contributed by atoms with E-state index in [9.17, 15) is 14.7 Å². The van der Waals surface area contributed by atoms with Gasteiger partial charge in [0.1, 0.15) is 6.04 Å². The van der Waals surface area contributed by atoms with Gasteiger partial charge in [0.15, 0.2) is 0 Å². The van der Waals surface area contributed by atoms with Crippen LogP contribution in [0.2, 0.25) is 0 Å². The number of aliphatic carboxylic acids is 1. The van der Waals surface area contributed by atoms with Gasteiger partial charge in [-0.05, 0) is 25.2 Å². The highest BCUT2D eigenvalue weighted by molar-refractivity contribution is 5.83. The number of hydrogen-bond donors (Lipinski definition) is 2. The number of carboxylic acids is 1. The van der Waals surface area contributed by atoms with Crippen molar-refractivity contribution in [3.63, 3.8) is 0 Å². The Bertz CT molecular complexity index is 333. The highest BCUT2D eigenvalue weighted by Crippen LogP contribution is 2.19. The zero-order valence-corrected chi connectivity index (χ0v) is 12.9. The quantitative estimate of drug-likeness (QED) is 0.815. The summed E-state index contributed by atoms with van der Waals surface area (Å²) in [5, 5.41) is 12.0. The van der Waals surface area contributed by atoms with Crippen LogP contribution in [0, 0.1) is 5.92 Å². The van der Waals surface area contributed by atoms with E-state index in [1.54, 1.807) is 0 Å². The van der Waals surface area contributed by atoms with E-state index in [0.29, 0.717) is 0 Å². The van der Waals surface area contributed by atoms with Crippen LogP contribution in [-0.2, 0) is 4.79 Å². The number of carbonyl (C=O) groups excluding carboxylic acids is 1. The van der Waals surface area contributed by atoms with Crippen LogP contribution >= 0.6 is 0 Å². The van der Waals surface area contributed by atoms with E-state index < -0.39 is 12.0 Å². The first-order valence-electron chi connectivity index (χ1n) is 7.81. The van der Waals surface area contributed by atoms with E-state index in [4.69, 9.17) is 0 Å². The lowest BCUT2D eigenvalue weighted by molar-refractivity contribution is -0.140. The van der Waals surface area contributed by atoms with Crippen LogP contribution in [-0.4, -0.2) is 40.6 Å². The minimum absolute atomic E-state index is 0.0662. The van der Waals surface area contributed by atoms with Crippen molar-refractivity contribution < 1.29 is 14.7 Å². The van der Waals surface area contributed by atoms with Gasteiger partial charge >= 0.3 is 12.0 Å². The Labute approximate surface area is 121 Å². The molecule has 3 atom stereocenters. The number of urea groups is 1. The first kappa shape index (κ1) is 16.8. The molecular weight excluding hydrogens is 256 g/mol. The van der Waals surface area contributed by atoms with Gasteiger partial charge in [-0.3, -0.25) is 0 Å². The summed E-state index contributed by atoms with van der Waals surface area (Å²) in [6.45, 7) is 6.61. The fourth-order valence-electron chi connectivity index (χ4n) is 2.77. The van der Waals surface area contributed by atoms with Crippen LogP contribution in [0.25, 0.3) is 0 Å². The van der Waals surface area contributed by atoms with Gasteiger partial charge in [0.2, 0.25) is 0 Å². The summed E-state index contributed by atoms with van der Waals surface area (Å²) in [6.07, 6.45) is 5.98. The number of amides is 2. The second-order valence-corrected chi connectivity index (χ2v) is 5.76. The molecule has 1 aliphatic heterocycles. The standard InChI is InChI=1S/C15H28N2O3/c1-4-11(3)13(14(18)19)16-15(20)17-10-8-6-7-9-12(17)5-2/h11-13H,4-10H2,1-3H3,(H,16,20)(H,18,19)/t11-,12?,13-/m0/s1. The Kier molecular flexibility index (Phi) is 6.82. The van der Waals surface area contributed by atoms with Crippen molar-refractivity contribution in [3.05, 3.63) is 0 Å². The molecule has 0 aromatic carbocycles. The molecule has 0 saturated carbocycles. The number of nitrogens with zero attached hydrogens (tertiary/aromatic N) is 1. The van der Waals surface area contributed by atoms with Crippen LogP contribution in [0.5, 0.6) is 0 Å². The maximum absolute atomic E-state index is 12.4. The fourth-order valence-corrected chi connectivity index (χ4v) is 2.77. The fraction of sp³-hybridized carbons (Fsp3) is 0.867. The van der Waals surface area contributed by atoms with Crippen LogP contribution < -0.4 is 5.32 Å². The third-order valence-corrected chi connectivity index (χ3v) is 4.37. The number of rotatable bonds is 5. The van der Waals surface area contributed by atoms with Gasteiger partial charge in [-0.2, -0.15) is 0 Å². The van der Waals surface area contributed by atoms with Crippen molar-refractivity contribution in [2.24, 2.45) is 5.92 Å². The Morgan fingerprint density at radius 2 is 2.00 bits per heavy atom. The summed E-state index contributed by atoms with van der Waals surface area (Å²) >= 11 is 0. The van der Waals surface area contributed by atoms with E-state index >= 15 is 0 Å². The van der Waals surface area contributed by atoms with Crippen LogP contribution in [0.3, 0.4) is 0 Å². The van der Waals surface area contributed by atoms with Gasteiger partial charge in [-0.1, -0.05) is 40.0 Å². The maximum atomic E-state index is 12.4. The lowest BCUT2D eigenvalue weighted by Gasteiger charge is -2.31. The molecule has 1 aliphatic rings. The molecule has 0 bridgehead atoms. The molecule has 1 unspecified atom stereocenters. The Balaban J connectivity index is 2.72. The summed E-state index contributed by atoms with van der Waals surface area (Å²) in [5.74, 6) is -1.01. The first-order chi connectivity index (χ1) is 9.51. The molecule has 0 radical (unpaired) electrons. The summed E-state index contributed by atoms with van der Waals surface area (Å²) < 4.78 is 0. The summed E-state index contributed by atoms with van der Waals surface area (Å²) in [5.41, 5.74) is 0. The SMILES string of the molecule is CCC1CCCCCN1C(=O)N[C@H](C(=O)O)[C@@H](C)CC. The molecule has 0 aromatic heterocycles. The molecule has 1 saturated heterocycles. The number of likely N-dealkylation sites (tertiary alicyclic amines) is 1. The molecular formula is C15H28N2O3. The lowest BCUT2D eigenvalue weighted by atomic mass is 9.99. The highest BCUT2D eigenvalue weighted by Gasteiger charge is 2.30. The molecule has 1 rings (SSSR count). The van der Waals surface area contributed by atoms with Crippen molar-refractivity contribution in [1.29, 1.82) is 0 Å². The van der Waals surface area contributed by atoms with E-state index in [1.165, 1.54) is 0 Å². The van der Waals surface area contributed by atoms with Gasteiger partial charge in [0.05, 0.1) is 0 Å².